The quantitative estimate of drug-likeness (QED) is 0.0388. The molecular weight excluding hydrogens is 852 g/mol. The van der Waals surface area contributed by atoms with Gasteiger partial charge in [-0.1, -0.05) is 27.9 Å². The van der Waals surface area contributed by atoms with E-state index in [1.165, 1.54) is 16.1 Å². The molecule has 0 saturated carbocycles. The third-order valence-electron chi connectivity index (χ3n) is 8.13. The first-order chi connectivity index (χ1) is 28.8. The zero-order valence-electron chi connectivity index (χ0n) is 32.9. The average Bonchev–Trinajstić information content (AvgIpc) is 3.17. The highest BCUT2D eigenvalue weighted by Crippen LogP contribution is 2.33. The fourth-order valence-corrected chi connectivity index (χ4v) is 5.89. The van der Waals surface area contributed by atoms with Gasteiger partial charge in [-0.25, -0.2) is 14.8 Å². The summed E-state index contributed by atoms with van der Waals surface area (Å²) in [5.41, 5.74) is 7.14. The Bertz CT molecular complexity index is 2000. The SMILES string of the molecule is CC#CC(=O)Nc1cc2c(Nc3cccc(Br)c3)ncnc2cc1OCCCNC(=O)NCCN(CCOCCN)C(=O)CN(CCN(CC(=O)O)CC(=O)O)CC(=O)O. The molecule has 1 aromatic heterocycles. The molecule has 324 valence electrons. The van der Waals surface area contributed by atoms with E-state index in [4.69, 9.17) is 25.4 Å². The van der Waals surface area contributed by atoms with Gasteiger partial charge in [-0.05, 0) is 43.5 Å². The Labute approximate surface area is 354 Å². The standard InChI is InChI=1S/C38H49BrN10O11/c1-2-5-32(50)46-30-19-28-29(43-25-44-37(28)45-27-7-3-6-26(39)18-27)20-31(30)60-15-4-9-41-38(58)42-10-11-49(14-17-59-16-8-40)33(51)21-47(22-34(52)53)12-13-48(23-35(54)55)24-36(56)57/h3,6-7,18-20,25H,4,8-17,21-24,40H2,1H3,(H,46,50)(H,52,53)(H,54,55)(H,56,57)(H2,41,42,58)(H,43,44,45). The monoisotopic (exact) mass is 900 g/mol. The van der Waals surface area contributed by atoms with Crippen molar-refractivity contribution in [3.8, 4) is 17.6 Å². The number of carbonyl (C=O) groups is 6. The lowest BCUT2D eigenvalue weighted by Crippen LogP contribution is -2.48. The molecule has 0 saturated heterocycles. The molecule has 0 atom stereocenters. The second-order valence-corrected chi connectivity index (χ2v) is 13.7. The number of carboxylic acid groups (broad SMARTS) is 3. The topological polar surface area (TPSA) is 291 Å². The highest BCUT2D eigenvalue weighted by Gasteiger charge is 2.22. The van der Waals surface area contributed by atoms with Crippen LogP contribution in [0.4, 0.5) is 22.0 Å². The van der Waals surface area contributed by atoms with E-state index in [9.17, 15) is 33.9 Å². The van der Waals surface area contributed by atoms with Crippen molar-refractivity contribution in [1.29, 1.82) is 0 Å². The summed E-state index contributed by atoms with van der Waals surface area (Å²) in [6.07, 6.45) is 1.77. The van der Waals surface area contributed by atoms with Gasteiger partial charge in [0.1, 0.15) is 17.9 Å². The molecule has 0 radical (unpaired) electrons. The van der Waals surface area contributed by atoms with E-state index < -0.39 is 55.4 Å². The summed E-state index contributed by atoms with van der Waals surface area (Å²) in [6.45, 7) is 0.308. The van der Waals surface area contributed by atoms with Gasteiger partial charge >= 0.3 is 23.9 Å². The van der Waals surface area contributed by atoms with Gasteiger partial charge in [-0.15, -0.1) is 0 Å². The van der Waals surface area contributed by atoms with Gasteiger partial charge in [-0.2, -0.15) is 0 Å². The van der Waals surface area contributed by atoms with Crippen molar-refractivity contribution in [3.05, 3.63) is 47.2 Å². The number of aromatic nitrogens is 2. The summed E-state index contributed by atoms with van der Waals surface area (Å²) in [6, 6.07) is 10.4. The molecule has 3 rings (SSSR count). The number of amides is 4. The van der Waals surface area contributed by atoms with Crippen LogP contribution in [0.2, 0.25) is 0 Å². The molecule has 1 heterocycles. The number of nitrogens with zero attached hydrogens (tertiary/aromatic N) is 5. The minimum Gasteiger partial charge on any atom is -0.491 e. The van der Waals surface area contributed by atoms with Gasteiger partial charge in [-0.3, -0.25) is 33.8 Å². The normalized spacial score (nSPS) is 10.8. The summed E-state index contributed by atoms with van der Waals surface area (Å²) < 4.78 is 12.3. The number of urea groups is 1. The van der Waals surface area contributed by atoms with Gasteiger partial charge in [0.25, 0.3) is 5.91 Å². The second-order valence-electron chi connectivity index (χ2n) is 12.8. The van der Waals surface area contributed by atoms with Crippen molar-refractivity contribution in [2.75, 3.05) is 102 Å². The van der Waals surface area contributed by atoms with Crippen LogP contribution in [-0.4, -0.2) is 168 Å². The highest BCUT2D eigenvalue weighted by molar-refractivity contribution is 9.10. The van der Waals surface area contributed by atoms with Crippen LogP contribution in [-0.2, 0) is 28.7 Å². The number of anilines is 3. The van der Waals surface area contributed by atoms with Crippen LogP contribution in [0.15, 0.2) is 47.2 Å². The number of hydrogen-bond acceptors (Lipinski definition) is 14. The van der Waals surface area contributed by atoms with Crippen LogP contribution in [0.5, 0.6) is 5.75 Å². The molecule has 60 heavy (non-hydrogen) atoms. The first-order valence-electron chi connectivity index (χ1n) is 18.6. The van der Waals surface area contributed by atoms with E-state index in [-0.39, 0.29) is 72.2 Å². The summed E-state index contributed by atoms with van der Waals surface area (Å²) in [5.74, 6) is 1.02. The summed E-state index contributed by atoms with van der Waals surface area (Å²) >= 11 is 3.46. The lowest BCUT2D eigenvalue weighted by atomic mass is 10.1. The van der Waals surface area contributed by atoms with E-state index >= 15 is 0 Å². The van der Waals surface area contributed by atoms with E-state index in [0.717, 1.165) is 15.1 Å². The number of nitrogens with one attached hydrogen (secondary N) is 4. The minimum atomic E-state index is -1.26. The Kier molecular flexibility index (Phi) is 21.0. The molecule has 0 aliphatic rings. The van der Waals surface area contributed by atoms with Gasteiger partial charge in [0.15, 0.2) is 0 Å². The predicted molar refractivity (Wildman–Crippen MR) is 223 cm³/mol. The smallest absolute Gasteiger partial charge is 0.317 e. The lowest BCUT2D eigenvalue weighted by Gasteiger charge is -2.28. The van der Waals surface area contributed by atoms with Gasteiger partial charge in [0, 0.05) is 67.4 Å². The number of halogens is 1. The third-order valence-corrected chi connectivity index (χ3v) is 8.62. The number of ether oxygens (including phenoxy) is 2. The Morgan fingerprint density at radius 2 is 1.52 bits per heavy atom. The molecule has 22 heteroatoms. The van der Waals surface area contributed by atoms with E-state index in [1.807, 2.05) is 24.3 Å². The number of rotatable bonds is 27. The van der Waals surface area contributed by atoms with Crippen LogP contribution in [0, 0.1) is 11.8 Å². The second kappa shape index (κ2) is 26.1. The molecule has 9 N–H and O–H groups in total. The molecule has 4 amide bonds. The van der Waals surface area contributed by atoms with Crippen molar-refractivity contribution in [2.24, 2.45) is 5.73 Å². The number of hydrogen-bond donors (Lipinski definition) is 8. The first-order valence-corrected chi connectivity index (χ1v) is 19.4. The van der Waals surface area contributed by atoms with Gasteiger partial charge < -0.3 is 56.7 Å². The summed E-state index contributed by atoms with van der Waals surface area (Å²) in [4.78, 5) is 84.9. The van der Waals surface area contributed by atoms with Crippen molar-refractivity contribution in [1.82, 2.24) is 35.3 Å². The van der Waals surface area contributed by atoms with E-state index in [1.54, 1.807) is 19.1 Å². The van der Waals surface area contributed by atoms with Crippen LogP contribution in [0.25, 0.3) is 10.9 Å². The molecule has 2 aromatic carbocycles. The number of nitrogens with two attached hydrogens (primary N) is 1. The Balaban J connectivity index is 1.57. The zero-order chi connectivity index (χ0) is 43.9. The highest BCUT2D eigenvalue weighted by atomic mass is 79.9. The number of benzene rings is 2. The maximum Gasteiger partial charge on any atom is 0.317 e. The van der Waals surface area contributed by atoms with Crippen LogP contribution in [0.1, 0.15) is 13.3 Å². The number of aliphatic carboxylic acids is 3. The molecule has 0 fully saturated rings. The maximum atomic E-state index is 13.4. The van der Waals surface area contributed by atoms with Crippen LogP contribution >= 0.6 is 15.9 Å². The molecule has 0 unspecified atom stereocenters. The Morgan fingerprint density at radius 3 is 2.17 bits per heavy atom. The third kappa shape index (κ3) is 18.2. The van der Waals surface area contributed by atoms with Crippen molar-refractivity contribution in [3.63, 3.8) is 0 Å². The minimum absolute atomic E-state index is 0.0238. The molecule has 3 aromatic rings. The number of fused-ring (bicyclic) bond motifs is 1. The zero-order valence-corrected chi connectivity index (χ0v) is 34.5. The maximum absolute atomic E-state index is 13.4. The van der Waals surface area contributed by atoms with Gasteiger partial charge in [0.2, 0.25) is 5.91 Å². The molecule has 0 bridgehead atoms. The van der Waals surface area contributed by atoms with Crippen LogP contribution in [0.3, 0.4) is 0 Å². The van der Waals surface area contributed by atoms with Crippen molar-refractivity contribution in [2.45, 2.75) is 13.3 Å². The molecule has 0 aliphatic heterocycles. The van der Waals surface area contributed by atoms with Gasteiger partial charge in [0.05, 0.1) is 57.2 Å². The summed E-state index contributed by atoms with van der Waals surface area (Å²) in [7, 11) is 0. The van der Waals surface area contributed by atoms with Crippen LogP contribution < -0.4 is 31.7 Å². The Morgan fingerprint density at radius 1 is 0.833 bits per heavy atom. The fraction of sp³-hybridized carbons (Fsp3) is 0.421. The summed E-state index contributed by atoms with van der Waals surface area (Å²) in [5, 5.41) is 39.7. The van der Waals surface area contributed by atoms with E-state index in [2.05, 4.69) is 59.0 Å². The molecule has 0 aliphatic carbocycles. The molecular formula is C38H49BrN10O11. The molecule has 21 nitrogen and oxygen atoms in total. The average molecular weight is 902 g/mol. The molecule has 0 spiro atoms. The predicted octanol–water partition coefficient (Wildman–Crippen LogP) is 0.828. The van der Waals surface area contributed by atoms with Crippen molar-refractivity contribution < 1.29 is 53.6 Å². The number of carboxylic acids is 3. The number of carbonyl (C=O) groups excluding carboxylic acids is 3. The van der Waals surface area contributed by atoms with Crippen molar-refractivity contribution >= 4 is 79.8 Å². The largest absolute Gasteiger partial charge is 0.491 e. The lowest BCUT2D eigenvalue weighted by molar-refractivity contribution is -0.144. The Hall–Kier alpha value is -6.12. The van der Waals surface area contributed by atoms with E-state index in [0.29, 0.717) is 34.6 Å². The fourth-order valence-electron chi connectivity index (χ4n) is 5.49. The first kappa shape index (κ1) is 48.3.